The first-order valence-electron chi connectivity index (χ1n) is 7.49. The third-order valence-corrected chi connectivity index (χ3v) is 3.03. The fourth-order valence-corrected chi connectivity index (χ4v) is 2.00. The lowest BCUT2D eigenvalue weighted by Crippen LogP contribution is -2.33. The third kappa shape index (κ3) is 7.66. The predicted molar refractivity (Wildman–Crippen MR) is 90.7 cm³/mol. The molecule has 0 aliphatic heterocycles. The Morgan fingerprint density at radius 3 is 2.76 bits per heavy atom. The van der Waals surface area contributed by atoms with E-state index in [0.29, 0.717) is 18.1 Å². The van der Waals surface area contributed by atoms with Gasteiger partial charge in [-0.3, -0.25) is 4.79 Å². The van der Waals surface area contributed by atoms with E-state index >= 15 is 0 Å². The van der Waals surface area contributed by atoms with Gasteiger partial charge in [0.1, 0.15) is 5.75 Å². The van der Waals surface area contributed by atoms with Gasteiger partial charge in [-0.1, -0.05) is 32.8 Å². The van der Waals surface area contributed by atoms with Gasteiger partial charge in [-0.05, 0) is 37.2 Å². The molecule has 4 nitrogen and oxygen atoms in total. The van der Waals surface area contributed by atoms with Crippen molar-refractivity contribution < 1.29 is 9.53 Å². The summed E-state index contributed by atoms with van der Waals surface area (Å²) in [5.41, 5.74) is 0.808. The summed E-state index contributed by atoms with van der Waals surface area (Å²) >= 11 is 5.14. The van der Waals surface area contributed by atoms with Gasteiger partial charge in [0, 0.05) is 18.2 Å². The van der Waals surface area contributed by atoms with Crippen LogP contribution >= 0.6 is 12.2 Å². The number of rotatable bonds is 8. The zero-order valence-corrected chi connectivity index (χ0v) is 13.6. The largest absolute Gasteiger partial charge is 0.494 e. The lowest BCUT2D eigenvalue weighted by atomic mass is 10.2. The summed E-state index contributed by atoms with van der Waals surface area (Å²) in [4.78, 5) is 11.7. The topological polar surface area (TPSA) is 50.4 Å². The van der Waals surface area contributed by atoms with Gasteiger partial charge in [-0.25, -0.2) is 0 Å². The summed E-state index contributed by atoms with van der Waals surface area (Å²) in [6.45, 7) is 4.85. The molecule has 0 heterocycles. The molecule has 0 atom stereocenters. The molecule has 21 heavy (non-hydrogen) atoms. The van der Waals surface area contributed by atoms with Crippen LogP contribution in [0.1, 0.15) is 46.0 Å². The van der Waals surface area contributed by atoms with Gasteiger partial charge in [0.15, 0.2) is 5.11 Å². The second-order valence-corrected chi connectivity index (χ2v) is 5.24. The molecule has 1 rings (SSSR count). The standard InChI is InChI=1S/C16H24N2O2S/c1-3-5-6-10-15(19)18-16(21)17-13-8-7-9-14(12-13)20-11-4-2/h7-9,12H,3-6,10-11H2,1-2H3,(H2,17,18,19,21). The molecule has 0 bridgehead atoms. The zero-order chi connectivity index (χ0) is 15.5. The van der Waals surface area contributed by atoms with Crippen molar-refractivity contribution in [2.45, 2.75) is 46.0 Å². The normalized spacial score (nSPS) is 10.0. The lowest BCUT2D eigenvalue weighted by molar-refractivity contribution is -0.119. The van der Waals surface area contributed by atoms with Gasteiger partial charge >= 0.3 is 0 Å². The molecule has 2 N–H and O–H groups in total. The third-order valence-electron chi connectivity index (χ3n) is 2.83. The summed E-state index contributed by atoms with van der Waals surface area (Å²) in [7, 11) is 0. The van der Waals surface area contributed by atoms with Crippen molar-refractivity contribution in [3.63, 3.8) is 0 Å². The SMILES string of the molecule is CCCCCC(=O)NC(=S)Nc1cccc(OCCC)c1. The molecule has 116 valence electrons. The van der Waals surface area contributed by atoms with E-state index in [4.69, 9.17) is 17.0 Å². The number of nitrogens with one attached hydrogen (secondary N) is 2. The van der Waals surface area contributed by atoms with Crippen molar-refractivity contribution >= 4 is 28.9 Å². The van der Waals surface area contributed by atoms with Crippen LogP contribution in [-0.4, -0.2) is 17.6 Å². The van der Waals surface area contributed by atoms with Crippen LogP contribution in [0.2, 0.25) is 0 Å². The molecular weight excluding hydrogens is 284 g/mol. The highest BCUT2D eigenvalue weighted by molar-refractivity contribution is 7.80. The molecule has 0 unspecified atom stereocenters. The van der Waals surface area contributed by atoms with Crippen molar-refractivity contribution in [2.75, 3.05) is 11.9 Å². The van der Waals surface area contributed by atoms with Crippen LogP contribution in [0.25, 0.3) is 0 Å². The second kappa shape index (κ2) is 10.2. The smallest absolute Gasteiger partial charge is 0.226 e. The van der Waals surface area contributed by atoms with E-state index < -0.39 is 0 Å². The van der Waals surface area contributed by atoms with Crippen LogP contribution in [0, 0.1) is 0 Å². The maximum Gasteiger partial charge on any atom is 0.226 e. The Morgan fingerprint density at radius 2 is 2.05 bits per heavy atom. The van der Waals surface area contributed by atoms with Crippen molar-refractivity contribution in [1.29, 1.82) is 0 Å². The summed E-state index contributed by atoms with van der Waals surface area (Å²) < 4.78 is 5.55. The number of carbonyl (C=O) groups excluding carboxylic acids is 1. The first-order chi connectivity index (χ1) is 10.2. The van der Waals surface area contributed by atoms with Crippen LogP contribution in [0.3, 0.4) is 0 Å². The zero-order valence-electron chi connectivity index (χ0n) is 12.8. The molecule has 1 aromatic carbocycles. The van der Waals surface area contributed by atoms with E-state index in [1.807, 2.05) is 24.3 Å². The molecule has 0 aromatic heterocycles. The maximum absolute atomic E-state index is 11.7. The number of thiocarbonyl (C=S) groups is 1. The molecule has 1 amide bonds. The molecule has 0 radical (unpaired) electrons. The summed E-state index contributed by atoms with van der Waals surface area (Å²) in [5, 5.41) is 6.01. The first kappa shape index (κ1) is 17.4. The van der Waals surface area contributed by atoms with Gasteiger partial charge in [0.05, 0.1) is 6.61 Å². The minimum atomic E-state index is -0.0423. The number of ether oxygens (including phenoxy) is 1. The van der Waals surface area contributed by atoms with Crippen LogP contribution < -0.4 is 15.4 Å². The molecule has 0 fully saturated rings. The fraction of sp³-hybridized carbons (Fsp3) is 0.500. The molecular formula is C16H24N2O2S. The van der Waals surface area contributed by atoms with Gasteiger partial charge in [0.25, 0.3) is 0 Å². The highest BCUT2D eigenvalue weighted by Gasteiger charge is 2.05. The van der Waals surface area contributed by atoms with E-state index in [1.165, 1.54) is 0 Å². The van der Waals surface area contributed by atoms with E-state index in [2.05, 4.69) is 24.5 Å². The number of anilines is 1. The quantitative estimate of drug-likeness (QED) is 0.565. The Morgan fingerprint density at radius 1 is 1.24 bits per heavy atom. The molecule has 0 aliphatic rings. The Balaban J connectivity index is 2.41. The Bertz CT molecular complexity index is 463. The second-order valence-electron chi connectivity index (χ2n) is 4.84. The Labute approximate surface area is 132 Å². The summed E-state index contributed by atoms with van der Waals surface area (Å²) in [5.74, 6) is 0.748. The van der Waals surface area contributed by atoms with Crippen LogP contribution in [-0.2, 0) is 4.79 Å². The summed E-state index contributed by atoms with van der Waals surface area (Å²) in [6.07, 6.45) is 4.52. The molecule has 0 saturated heterocycles. The van der Waals surface area contributed by atoms with Crippen molar-refractivity contribution in [3.05, 3.63) is 24.3 Å². The van der Waals surface area contributed by atoms with Crippen LogP contribution in [0.5, 0.6) is 5.75 Å². The van der Waals surface area contributed by atoms with Crippen LogP contribution in [0.15, 0.2) is 24.3 Å². The average molecular weight is 308 g/mol. The molecule has 0 aliphatic carbocycles. The lowest BCUT2D eigenvalue weighted by Gasteiger charge is -2.11. The predicted octanol–water partition coefficient (Wildman–Crippen LogP) is 3.87. The molecule has 0 saturated carbocycles. The van der Waals surface area contributed by atoms with Crippen LogP contribution in [0.4, 0.5) is 5.69 Å². The highest BCUT2D eigenvalue weighted by Crippen LogP contribution is 2.17. The monoisotopic (exact) mass is 308 g/mol. The maximum atomic E-state index is 11.7. The van der Waals surface area contributed by atoms with E-state index in [-0.39, 0.29) is 5.91 Å². The van der Waals surface area contributed by atoms with E-state index in [1.54, 1.807) is 0 Å². The molecule has 1 aromatic rings. The molecule has 5 heteroatoms. The highest BCUT2D eigenvalue weighted by atomic mass is 32.1. The van der Waals surface area contributed by atoms with Gasteiger partial charge in [-0.2, -0.15) is 0 Å². The number of unbranched alkanes of at least 4 members (excludes halogenated alkanes) is 2. The fourth-order valence-electron chi connectivity index (χ4n) is 1.77. The number of benzene rings is 1. The van der Waals surface area contributed by atoms with Gasteiger partial charge in [0.2, 0.25) is 5.91 Å². The number of carbonyl (C=O) groups is 1. The number of hydrogen-bond donors (Lipinski definition) is 2. The Kier molecular flexibility index (Phi) is 8.43. The van der Waals surface area contributed by atoms with E-state index in [0.717, 1.165) is 37.1 Å². The minimum Gasteiger partial charge on any atom is -0.494 e. The van der Waals surface area contributed by atoms with Crippen molar-refractivity contribution in [3.8, 4) is 5.75 Å². The van der Waals surface area contributed by atoms with E-state index in [9.17, 15) is 4.79 Å². The minimum absolute atomic E-state index is 0.0423. The van der Waals surface area contributed by atoms with Crippen molar-refractivity contribution in [2.24, 2.45) is 0 Å². The average Bonchev–Trinajstić information content (AvgIpc) is 2.45. The summed E-state index contributed by atoms with van der Waals surface area (Å²) in [6, 6.07) is 7.53. The molecule has 0 spiro atoms. The number of hydrogen-bond acceptors (Lipinski definition) is 3. The Hall–Kier alpha value is -1.62. The first-order valence-corrected chi connectivity index (χ1v) is 7.90. The van der Waals surface area contributed by atoms with Gasteiger partial charge in [-0.15, -0.1) is 0 Å². The number of amides is 1. The van der Waals surface area contributed by atoms with Gasteiger partial charge < -0.3 is 15.4 Å². The van der Waals surface area contributed by atoms with Crippen molar-refractivity contribution in [1.82, 2.24) is 5.32 Å².